The fourth-order valence-electron chi connectivity index (χ4n) is 3.64. The van der Waals surface area contributed by atoms with Crippen LogP contribution in [0.3, 0.4) is 0 Å². The summed E-state index contributed by atoms with van der Waals surface area (Å²) < 4.78 is 83.6. The number of rotatable bonds is 5. The number of amides is 1. The summed E-state index contributed by atoms with van der Waals surface area (Å²) in [6.07, 6.45) is -7.97. The van der Waals surface area contributed by atoms with Gasteiger partial charge >= 0.3 is 18.4 Å². The molecule has 1 aliphatic rings. The van der Waals surface area contributed by atoms with Crippen LogP contribution >= 0.6 is 0 Å². The van der Waals surface area contributed by atoms with Gasteiger partial charge in [0.2, 0.25) is 11.9 Å². The summed E-state index contributed by atoms with van der Waals surface area (Å²) in [6.45, 7) is 0.750. The Bertz CT molecular complexity index is 1300. The van der Waals surface area contributed by atoms with Crippen LogP contribution in [0.5, 0.6) is 0 Å². The van der Waals surface area contributed by atoms with Crippen molar-refractivity contribution in [3.8, 4) is 11.5 Å². The third kappa shape index (κ3) is 6.54. The molecule has 3 aromatic heterocycles. The first kappa shape index (κ1) is 26.8. The van der Waals surface area contributed by atoms with Gasteiger partial charge in [-0.25, -0.2) is 9.78 Å². The fraction of sp³-hybridized carbons (Fsp3) is 0.364. The van der Waals surface area contributed by atoms with Gasteiger partial charge in [-0.05, 0) is 37.1 Å². The first-order valence-corrected chi connectivity index (χ1v) is 11.1. The van der Waals surface area contributed by atoms with E-state index in [4.69, 9.17) is 4.74 Å². The highest BCUT2D eigenvalue weighted by atomic mass is 19.4. The molecule has 0 aromatic carbocycles. The standard InChI is InChI=1S/C22H20F6N8O2/c1-38-20(37)36-9-6-12(7-10-36)30-18-33-17(14-3-2-4-15(32-14)21(23,24)25)34-19(35-18)31-13-5-8-29-16(11-13)22(26,27)28/h2-5,8,11-12H,6-7,9-10H2,1H3,(H2,29,30,31,33,34,35). The second-order valence-electron chi connectivity index (χ2n) is 8.14. The third-order valence-electron chi connectivity index (χ3n) is 5.47. The molecule has 16 heteroatoms. The second kappa shape index (κ2) is 10.6. The molecule has 4 heterocycles. The number of carbonyl (C=O) groups excluding carboxylic acids is 1. The van der Waals surface area contributed by atoms with Gasteiger partial charge in [-0.1, -0.05) is 6.07 Å². The molecular formula is C22H20F6N8O2. The Kier molecular flexibility index (Phi) is 7.50. The third-order valence-corrected chi connectivity index (χ3v) is 5.47. The van der Waals surface area contributed by atoms with Gasteiger partial charge in [0.25, 0.3) is 0 Å². The number of methoxy groups -OCH3 is 1. The molecule has 1 amide bonds. The molecule has 0 radical (unpaired) electrons. The molecule has 202 valence electrons. The first-order valence-electron chi connectivity index (χ1n) is 11.1. The van der Waals surface area contributed by atoms with Crippen molar-refractivity contribution in [1.29, 1.82) is 0 Å². The van der Waals surface area contributed by atoms with E-state index in [0.29, 0.717) is 25.9 Å². The van der Waals surface area contributed by atoms with E-state index in [1.807, 2.05) is 0 Å². The molecular weight excluding hydrogens is 522 g/mol. The molecule has 0 atom stereocenters. The SMILES string of the molecule is COC(=O)N1CCC(Nc2nc(Nc3ccnc(C(F)(F)F)c3)nc(-c3cccc(C(F)(F)F)n3)n2)CC1. The largest absolute Gasteiger partial charge is 0.453 e. The van der Waals surface area contributed by atoms with Crippen molar-refractivity contribution in [2.75, 3.05) is 30.8 Å². The van der Waals surface area contributed by atoms with E-state index in [1.165, 1.54) is 24.1 Å². The maximum absolute atomic E-state index is 13.2. The minimum absolute atomic E-state index is 0.0432. The number of carbonyl (C=O) groups is 1. The van der Waals surface area contributed by atoms with Crippen molar-refractivity contribution < 1.29 is 35.9 Å². The number of aromatic nitrogens is 5. The lowest BCUT2D eigenvalue weighted by molar-refractivity contribution is -0.141. The molecule has 1 saturated heterocycles. The molecule has 10 nitrogen and oxygen atoms in total. The lowest BCUT2D eigenvalue weighted by Gasteiger charge is -2.31. The molecule has 3 aromatic rings. The summed E-state index contributed by atoms with van der Waals surface area (Å²) in [7, 11) is 1.27. The van der Waals surface area contributed by atoms with E-state index < -0.39 is 29.8 Å². The predicted octanol–water partition coefficient (Wildman–Crippen LogP) is 4.75. The Morgan fingerprint density at radius 2 is 1.63 bits per heavy atom. The molecule has 0 spiro atoms. The molecule has 0 unspecified atom stereocenters. The van der Waals surface area contributed by atoms with Crippen molar-refractivity contribution in [1.82, 2.24) is 29.8 Å². The molecule has 38 heavy (non-hydrogen) atoms. The lowest BCUT2D eigenvalue weighted by atomic mass is 10.1. The summed E-state index contributed by atoms with van der Waals surface area (Å²) in [5, 5.41) is 5.67. The Morgan fingerprint density at radius 3 is 2.29 bits per heavy atom. The van der Waals surface area contributed by atoms with Gasteiger partial charge in [0.05, 0.1) is 7.11 Å². The van der Waals surface area contributed by atoms with Crippen molar-refractivity contribution in [3.05, 3.63) is 47.9 Å². The molecule has 2 N–H and O–H groups in total. The summed E-state index contributed by atoms with van der Waals surface area (Å²) in [5.41, 5.74) is -2.61. The normalized spacial score (nSPS) is 14.8. The number of nitrogens with zero attached hydrogens (tertiary/aromatic N) is 6. The van der Waals surface area contributed by atoms with Crippen LogP contribution in [0.1, 0.15) is 24.2 Å². The van der Waals surface area contributed by atoms with E-state index in [9.17, 15) is 31.1 Å². The maximum atomic E-state index is 13.2. The fourth-order valence-corrected chi connectivity index (χ4v) is 3.64. The molecule has 4 rings (SSSR count). The second-order valence-corrected chi connectivity index (χ2v) is 8.14. The summed E-state index contributed by atoms with van der Waals surface area (Å²) >= 11 is 0. The molecule has 0 saturated carbocycles. The van der Waals surface area contributed by atoms with Gasteiger partial charge < -0.3 is 20.3 Å². The smallest absolute Gasteiger partial charge is 0.433 e. The van der Waals surface area contributed by atoms with E-state index in [0.717, 1.165) is 24.4 Å². The average molecular weight is 542 g/mol. The number of hydrogen-bond acceptors (Lipinski definition) is 9. The zero-order chi connectivity index (χ0) is 27.5. The number of likely N-dealkylation sites (tertiary alicyclic amines) is 1. The Hall–Kier alpha value is -4.24. The Balaban J connectivity index is 1.65. The van der Waals surface area contributed by atoms with E-state index in [1.54, 1.807) is 0 Å². The van der Waals surface area contributed by atoms with Crippen LogP contribution in [-0.4, -0.2) is 62.2 Å². The van der Waals surface area contributed by atoms with Gasteiger partial charge in [-0.15, -0.1) is 0 Å². The highest BCUT2D eigenvalue weighted by molar-refractivity contribution is 5.67. The van der Waals surface area contributed by atoms with E-state index in [-0.39, 0.29) is 35.1 Å². The number of piperidine rings is 1. The highest BCUT2D eigenvalue weighted by Crippen LogP contribution is 2.31. The van der Waals surface area contributed by atoms with E-state index >= 15 is 0 Å². The molecule has 1 fully saturated rings. The Morgan fingerprint density at radius 1 is 0.947 bits per heavy atom. The van der Waals surface area contributed by atoms with Gasteiger partial charge in [0.15, 0.2) is 5.82 Å². The van der Waals surface area contributed by atoms with Crippen molar-refractivity contribution >= 4 is 23.7 Å². The molecule has 0 aliphatic carbocycles. The van der Waals surface area contributed by atoms with Crippen LogP contribution in [0.4, 0.5) is 48.7 Å². The zero-order valence-electron chi connectivity index (χ0n) is 19.6. The monoisotopic (exact) mass is 542 g/mol. The number of hydrogen-bond donors (Lipinski definition) is 2. The van der Waals surface area contributed by atoms with Crippen molar-refractivity contribution in [2.24, 2.45) is 0 Å². The number of anilines is 3. The van der Waals surface area contributed by atoms with Crippen molar-refractivity contribution in [2.45, 2.75) is 31.2 Å². The topological polar surface area (TPSA) is 118 Å². The summed E-state index contributed by atoms with van der Waals surface area (Å²) in [5.74, 6) is -0.519. The van der Waals surface area contributed by atoms with Crippen LogP contribution in [-0.2, 0) is 17.1 Å². The number of ether oxygens (including phenoxy) is 1. The van der Waals surface area contributed by atoms with E-state index in [2.05, 4.69) is 35.6 Å². The number of halogens is 6. The lowest BCUT2D eigenvalue weighted by Crippen LogP contribution is -2.42. The van der Waals surface area contributed by atoms with Gasteiger partial charge in [0, 0.05) is 31.0 Å². The quantitative estimate of drug-likeness (QED) is 0.441. The average Bonchev–Trinajstić information content (AvgIpc) is 2.88. The maximum Gasteiger partial charge on any atom is 0.433 e. The molecule has 1 aliphatic heterocycles. The predicted molar refractivity (Wildman–Crippen MR) is 121 cm³/mol. The van der Waals surface area contributed by atoms with Gasteiger partial charge in [-0.2, -0.15) is 41.3 Å². The Labute approximate surface area is 211 Å². The van der Waals surface area contributed by atoms with Crippen LogP contribution in [0.15, 0.2) is 36.5 Å². The van der Waals surface area contributed by atoms with Gasteiger partial charge in [-0.3, -0.25) is 4.98 Å². The van der Waals surface area contributed by atoms with Crippen LogP contribution in [0, 0.1) is 0 Å². The number of alkyl halides is 6. The minimum Gasteiger partial charge on any atom is -0.453 e. The van der Waals surface area contributed by atoms with Gasteiger partial charge in [0.1, 0.15) is 17.1 Å². The summed E-state index contributed by atoms with van der Waals surface area (Å²) in [4.78, 5) is 32.5. The number of nitrogens with one attached hydrogen (secondary N) is 2. The zero-order valence-corrected chi connectivity index (χ0v) is 19.6. The van der Waals surface area contributed by atoms with Crippen LogP contribution < -0.4 is 10.6 Å². The molecule has 0 bridgehead atoms. The van der Waals surface area contributed by atoms with Crippen molar-refractivity contribution in [3.63, 3.8) is 0 Å². The van der Waals surface area contributed by atoms with Crippen LogP contribution in [0.2, 0.25) is 0 Å². The summed E-state index contributed by atoms with van der Waals surface area (Å²) in [6, 6.07) is 4.95. The first-order chi connectivity index (χ1) is 17.9. The number of pyridine rings is 2. The minimum atomic E-state index is -4.72. The van der Waals surface area contributed by atoms with Crippen LogP contribution in [0.25, 0.3) is 11.5 Å². The highest BCUT2D eigenvalue weighted by Gasteiger charge is 2.34.